The van der Waals surface area contributed by atoms with E-state index in [1.807, 2.05) is 13.0 Å². The number of ether oxygens (including phenoxy) is 1. The summed E-state index contributed by atoms with van der Waals surface area (Å²) >= 11 is 3.12. The molecule has 0 radical (unpaired) electrons. The molecule has 8 heteroatoms. The van der Waals surface area contributed by atoms with Crippen LogP contribution >= 0.6 is 22.7 Å². The molecule has 1 unspecified atom stereocenters. The van der Waals surface area contributed by atoms with Crippen molar-refractivity contribution in [3.63, 3.8) is 0 Å². The third-order valence-corrected chi connectivity index (χ3v) is 7.47. The molecule has 1 aromatic carbocycles. The van der Waals surface area contributed by atoms with E-state index in [0.717, 1.165) is 22.6 Å². The number of hydrogen-bond acceptors (Lipinski definition) is 8. The van der Waals surface area contributed by atoms with Crippen molar-refractivity contribution in [2.24, 2.45) is 0 Å². The molecule has 33 heavy (non-hydrogen) atoms. The van der Waals surface area contributed by atoms with Crippen molar-refractivity contribution in [1.82, 2.24) is 14.9 Å². The zero-order valence-electron chi connectivity index (χ0n) is 19.5. The molecule has 0 aliphatic carbocycles. The number of carbonyl (C=O) groups is 1. The van der Waals surface area contributed by atoms with E-state index in [9.17, 15) is 4.79 Å². The molecule has 6 nitrogen and oxygen atoms in total. The summed E-state index contributed by atoms with van der Waals surface area (Å²) in [6, 6.07) is 14.8. The molecule has 4 aromatic rings. The molecule has 0 fully saturated rings. The minimum absolute atomic E-state index is 0.0493. The van der Waals surface area contributed by atoms with Crippen molar-refractivity contribution in [2.45, 2.75) is 33.4 Å². The second-order valence-corrected chi connectivity index (χ2v) is 10.3. The number of esters is 1. The quantitative estimate of drug-likeness (QED) is 0.306. The summed E-state index contributed by atoms with van der Waals surface area (Å²) in [7, 11) is 4.18. The van der Waals surface area contributed by atoms with Gasteiger partial charge in [0.25, 0.3) is 0 Å². The molecule has 0 saturated heterocycles. The maximum Gasteiger partial charge on any atom is 0.348 e. The highest BCUT2D eigenvalue weighted by Gasteiger charge is 2.18. The number of aryl methyl sites for hydroxylation is 1. The Kier molecular flexibility index (Phi) is 7.07. The fraction of sp³-hybridized carbons (Fsp3) is 0.320. The summed E-state index contributed by atoms with van der Waals surface area (Å²) in [5.41, 5.74) is 2.58. The number of nitrogens with zero attached hydrogens (tertiary/aromatic N) is 3. The molecule has 0 aliphatic heterocycles. The summed E-state index contributed by atoms with van der Waals surface area (Å²) in [4.78, 5) is 27.3. The van der Waals surface area contributed by atoms with E-state index in [0.29, 0.717) is 17.3 Å². The highest BCUT2D eigenvalue weighted by atomic mass is 32.1. The van der Waals surface area contributed by atoms with Gasteiger partial charge in [0, 0.05) is 16.3 Å². The number of aromatic nitrogens is 2. The van der Waals surface area contributed by atoms with Crippen LogP contribution in [0.5, 0.6) is 0 Å². The largest absolute Gasteiger partial charge is 0.462 e. The van der Waals surface area contributed by atoms with E-state index in [2.05, 4.69) is 77.6 Å². The predicted octanol–water partition coefficient (Wildman–Crippen LogP) is 6.14. The van der Waals surface area contributed by atoms with Gasteiger partial charge in [-0.3, -0.25) is 0 Å². The Morgan fingerprint density at radius 3 is 2.70 bits per heavy atom. The minimum atomic E-state index is -0.323. The monoisotopic (exact) mass is 480 g/mol. The van der Waals surface area contributed by atoms with Crippen LogP contribution in [0.4, 0.5) is 5.82 Å². The van der Waals surface area contributed by atoms with Crippen LogP contribution in [0.3, 0.4) is 0 Å². The van der Waals surface area contributed by atoms with Crippen molar-refractivity contribution >= 4 is 44.7 Å². The first-order valence-corrected chi connectivity index (χ1v) is 12.5. The Balaban J connectivity index is 1.60. The molecule has 1 N–H and O–H groups in total. The molecule has 1 atom stereocenters. The van der Waals surface area contributed by atoms with Crippen LogP contribution in [-0.2, 0) is 11.3 Å². The Labute approximate surface area is 202 Å². The lowest BCUT2D eigenvalue weighted by Gasteiger charge is -2.15. The van der Waals surface area contributed by atoms with Crippen molar-refractivity contribution in [3.8, 4) is 10.4 Å². The van der Waals surface area contributed by atoms with Gasteiger partial charge in [0.2, 0.25) is 0 Å². The Bertz CT molecular complexity index is 1280. The predicted molar refractivity (Wildman–Crippen MR) is 137 cm³/mol. The van der Waals surface area contributed by atoms with Crippen LogP contribution in [0.15, 0.2) is 42.5 Å². The summed E-state index contributed by atoms with van der Waals surface area (Å²) in [6.07, 6.45) is 0. The molecule has 0 aliphatic rings. The third kappa shape index (κ3) is 5.24. The zero-order valence-corrected chi connectivity index (χ0v) is 21.1. The fourth-order valence-electron chi connectivity index (χ4n) is 3.69. The number of hydrogen-bond donors (Lipinski definition) is 1. The Hall–Kier alpha value is -2.81. The molecule has 0 saturated carbocycles. The first kappa shape index (κ1) is 23.4. The molecule has 0 amide bonds. The maximum atomic E-state index is 12.2. The average Bonchev–Trinajstić information content (AvgIpc) is 3.41. The van der Waals surface area contributed by atoms with Gasteiger partial charge in [0.1, 0.15) is 21.3 Å². The zero-order chi connectivity index (χ0) is 23.5. The summed E-state index contributed by atoms with van der Waals surface area (Å²) in [5, 5.41) is 4.38. The molecule has 0 bridgehead atoms. The lowest BCUT2D eigenvalue weighted by atomic mass is 10.1. The molecular formula is C25H28N4O2S2. The van der Waals surface area contributed by atoms with Gasteiger partial charge in [0.05, 0.1) is 18.0 Å². The number of anilines is 1. The van der Waals surface area contributed by atoms with Gasteiger partial charge in [-0.15, -0.1) is 22.7 Å². The lowest BCUT2D eigenvalue weighted by Crippen LogP contribution is -2.11. The topological polar surface area (TPSA) is 67.3 Å². The Morgan fingerprint density at radius 1 is 1.15 bits per heavy atom. The summed E-state index contributed by atoms with van der Waals surface area (Å²) in [6.45, 7) is 7.04. The smallest absolute Gasteiger partial charge is 0.348 e. The van der Waals surface area contributed by atoms with E-state index in [-0.39, 0.29) is 12.0 Å². The second kappa shape index (κ2) is 9.99. The van der Waals surface area contributed by atoms with Gasteiger partial charge in [-0.05, 0) is 64.2 Å². The van der Waals surface area contributed by atoms with Crippen LogP contribution in [0, 0.1) is 6.92 Å². The SMILES string of the molecule is CCOC(=O)c1cc2c(NC(C)c3ccc(-c4ccccc4CN(C)C)s3)nc(C)nc2s1. The number of carbonyl (C=O) groups excluding carboxylic acids is 1. The van der Waals surface area contributed by atoms with Crippen molar-refractivity contribution < 1.29 is 9.53 Å². The molecule has 4 rings (SSSR count). The van der Waals surface area contributed by atoms with Gasteiger partial charge in [-0.2, -0.15) is 0 Å². The van der Waals surface area contributed by atoms with Crippen LogP contribution in [0.1, 0.15) is 45.8 Å². The molecule has 3 aromatic heterocycles. The number of nitrogens with one attached hydrogen (secondary N) is 1. The lowest BCUT2D eigenvalue weighted by molar-refractivity contribution is 0.0532. The van der Waals surface area contributed by atoms with E-state index in [1.54, 1.807) is 18.3 Å². The second-order valence-electron chi connectivity index (χ2n) is 8.13. The maximum absolute atomic E-state index is 12.2. The highest BCUT2D eigenvalue weighted by molar-refractivity contribution is 7.20. The van der Waals surface area contributed by atoms with Crippen molar-refractivity contribution in [3.05, 3.63) is 63.6 Å². The molecule has 3 heterocycles. The third-order valence-electron chi connectivity index (χ3n) is 5.16. The van der Waals surface area contributed by atoms with Crippen LogP contribution in [0.25, 0.3) is 20.7 Å². The fourth-order valence-corrected chi connectivity index (χ4v) is 5.73. The van der Waals surface area contributed by atoms with Gasteiger partial charge in [-0.1, -0.05) is 24.3 Å². The summed E-state index contributed by atoms with van der Waals surface area (Å²) < 4.78 is 5.16. The number of fused-ring (bicyclic) bond motifs is 1. The molecule has 0 spiro atoms. The van der Waals surface area contributed by atoms with Crippen molar-refractivity contribution in [2.75, 3.05) is 26.0 Å². The van der Waals surface area contributed by atoms with E-state index < -0.39 is 0 Å². The first-order valence-electron chi connectivity index (χ1n) is 10.9. The van der Waals surface area contributed by atoms with E-state index >= 15 is 0 Å². The Morgan fingerprint density at radius 2 is 1.94 bits per heavy atom. The number of benzene rings is 1. The van der Waals surface area contributed by atoms with Crippen molar-refractivity contribution in [1.29, 1.82) is 0 Å². The molecule has 172 valence electrons. The minimum Gasteiger partial charge on any atom is -0.462 e. The number of rotatable bonds is 8. The average molecular weight is 481 g/mol. The van der Waals surface area contributed by atoms with Crippen LogP contribution in [0.2, 0.25) is 0 Å². The van der Waals surface area contributed by atoms with Crippen LogP contribution < -0.4 is 5.32 Å². The van der Waals surface area contributed by atoms with Gasteiger partial charge in [-0.25, -0.2) is 14.8 Å². The van der Waals surface area contributed by atoms with Crippen LogP contribution in [-0.4, -0.2) is 41.5 Å². The highest BCUT2D eigenvalue weighted by Crippen LogP contribution is 2.36. The van der Waals surface area contributed by atoms with Gasteiger partial charge in [0.15, 0.2) is 0 Å². The molecular weight excluding hydrogens is 452 g/mol. The standard InChI is InChI=1S/C25H28N4O2S2/c1-6-31-25(30)22-13-19-23(27-16(3)28-24(19)33-22)26-15(2)20-11-12-21(32-20)18-10-8-7-9-17(18)14-29(4)5/h7-13,15H,6,14H2,1-5H3,(H,26,27,28). The van der Waals surface area contributed by atoms with Gasteiger partial charge >= 0.3 is 5.97 Å². The summed E-state index contributed by atoms with van der Waals surface area (Å²) in [5.74, 6) is 1.08. The number of thiophene rings is 2. The van der Waals surface area contributed by atoms with Gasteiger partial charge < -0.3 is 15.0 Å². The first-order chi connectivity index (χ1) is 15.9. The van der Waals surface area contributed by atoms with E-state index in [4.69, 9.17) is 4.74 Å². The normalized spacial score (nSPS) is 12.3. The van der Waals surface area contributed by atoms with E-state index in [1.165, 1.54) is 32.2 Å².